The van der Waals surface area contributed by atoms with Gasteiger partial charge in [0.05, 0.1) is 7.11 Å². The van der Waals surface area contributed by atoms with Crippen LogP contribution in [-0.4, -0.2) is 26.9 Å². The maximum atomic E-state index is 6.26. The van der Waals surface area contributed by atoms with Crippen molar-refractivity contribution >= 4 is 39.1 Å². The predicted molar refractivity (Wildman–Crippen MR) is 114 cm³/mol. The summed E-state index contributed by atoms with van der Waals surface area (Å²) in [5.41, 5.74) is 1.73. The van der Waals surface area contributed by atoms with Gasteiger partial charge in [0.1, 0.15) is 6.61 Å². The quantitative estimate of drug-likeness (QED) is 0.412. The van der Waals surface area contributed by atoms with Gasteiger partial charge in [-0.05, 0) is 44.2 Å². The Morgan fingerprint density at radius 1 is 1.07 bits per heavy atom. The van der Waals surface area contributed by atoms with E-state index in [9.17, 15) is 0 Å². The first-order chi connectivity index (χ1) is 13.1. The topological polar surface area (TPSA) is 39.7 Å². The first kappa shape index (κ1) is 22.3. The fourth-order valence-electron chi connectivity index (χ4n) is 2.54. The lowest BCUT2D eigenvalue weighted by molar-refractivity contribution is 0.144. The zero-order valence-corrected chi connectivity index (χ0v) is 18.6. The van der Waals surface area contributed by atoms with Crippen LogP contribution in [0.25, 0.3) is 0 Å². The van der Waals surface area contributed by atoms with Crippen LogP contribution in [0.15, 0.2) is 34.8 Å². The lowest BCUT2D eigenvalue weighted by atomic mass is 10.1. The molecule has 4 nitrogen and oxygen atoms in total. The zero-order chi connectivity index (χ0) is 19.6. The van der Waals surface area contributed by atoms with Crippen molar-refractivity contribution in [2.75, 3.05) is 26.9 Å². The van der Waals surface area contributed by atoms with Crippen molar-refractivity contribution in [3.8, 4) is 11.5 Å². The van der Waals surface area contributed by atoms with Gasteiger partial charge < -0.3 is 19.5 Å². The van der Waals surface area contributed by atoms with Crippen molar-refractivity contribution in [2.24, 2.45) is 0 Å². The number of ether oxygens (including phenoxy) is 3. The highest BCUT2D eigenvalue weighted by Crippen LogP contribution is 2.37. The number of rotatable bonds is 11. The monoisotopic (exact) mass is 475 g/mol. The molecule has 2 aromatic rings. The Kier molecular flexibility index (Phi) is 9.73. The van der Waals surface area contributed by atoms with Crippen LogP contribution in [0.1, 0.15) is 24.5 Å². The van der Waals surface area contributed by atoms with Gasteiger partial charge in [-0.15, -0.1) is 0 Å². The first-order valence-corrected chi connectivity index (χ1v) is 10.3. The van der Waals surface area contributed by atoms with Gasteiger partial charge in [-0.25, -0.2) is 0 Å². The summed E-state index contributed by atoms with van der Waals surface area (Å²) < 4.78 is 17.9. The molecule has 0 saturated carbocycles. The SMILES string of the molecule is CCOCCCNCc1c(Br)ccc(OC)c1OCc1c(Cl)cccc1Cl. The average Bonchev–Trinajstić information content (AvgIpc) is 2.65. The Labute approximate surface area is 179 Å². The van der Waals surface area contributed by atoms with E-state index in [2.05, 4.69) is 21.2 Å². The van der Waals surface area contributed by atoms with Crippen LogP contribution < -0.4 is 14.8 Å². The summed E-state index contributed by atoms with van der Waals surface area (Å²) in [5, 5.41) is 4.57. The maximum absolute atomic E-state index is 6.26. The highest BCUT2D eigenvalue weighted by molar-refractivity contribution is 9.10. The summed E-state index contributed by atoms with van der Waals surface area (Å²) in [6, 6.07) is 9.22. The number of nitrogens with one attached hydrogen (secondary N) is 1. The molecule has 0 aromatic heterocycles. The van der Waals surface area contributed by atoms with Gasteiger partial charge in [0.2, 0.25) is 0 Å². The van der Waals surface area contributed by atoms with E-state index in [0.717, 1.165) is 41.8 Å². The van der Waals surface area contributed by atoms with Gasteiger partial charge in [0.15, 0.2) is 11.5 Å². The molecule has 2 aromatic carbocycles. The third-order valence-electron chi connectivity index (χ3n) is 3.96. The molecule has 1 N–H and O–H groups in total. The zero-order valence-electron chi connectivity index (χ0n) is 15.5. The van der Waals surface area contributed by atoms with Gasteiger partial charge in [0.25, 0.3) is 0 Å². The van der Waals surface area contributed by atoms with E-state index in [4.69, 9.17) is 37.4 Å². The van der Waals surface area contributed by atoms with Crippen LogP contribution in [0.5, 0.6) is 11.5 Å². The smallest absolute Gasteiger partial charge is 0.167 e. The first-order valence-electron chi connectivity index (χ1n) is 8.78. The minimum Gasteiger partial charge on any atom is -0.493 e. The molecule has 2 rings (SSSR count). The lowest BCUT2D eigenvalue weighted by Gasteiger charge is -2.18. The molecule has 0 aliphatic heterocycles. The average molecular weight is 477 g/mol. The predicted octanol–water partition coefficient (Wildman–Crippen LogP) is 5.86. The molecule has 0 saturated heterocycles. The molecular weight excluding hydrogens is 453 g/mol. The van der Waals surface area contributed by atoms with E-state index in [1.165, 1.54) is 0 Å². The van der Waals surface area contributed by atoms with Crippen LogP contribution in [0, 0.1) is 0 Å². The van der Waals surface area contributed by atoms with E-state index in [-0.39, 0.29) is 6.61 Å². The molecule has 0 radical (unpaired) electrons. The standard InChI is InChI=1S/C20H24BrCl2NO3/c1-3-26-11-5-10-24-12-14-16(21)8-9-19(25-2)20(14)27-13-15-17(22)6-4-7-18(15)23/h4,6-9,24H,3,5,10-13H2,1-2H3. The molecule has 0 amide bonds. The number of methoxy groups -OCH3 is 1. The molecule has 0 spiro atoms. The minimum atomic E-state index is 0.253. The van der Waals surface area contributed by atoms with Gasteiger partial charge >= 0.3 is 0 Å². The lowest BCUT2D eigenvalue weighted by Crippen LogP contribution is -2.17. The molecular formula is C20H24BrCl2NO3. The van der Waals surface area contributed by atoms with Crippen molar-refractivity contribution in [1.29, 1.82) is 0 Å². The summed E-state index contributed by atoms with van der Waals surface area (Å²) in [4.78, 5) is 0. The molecule has 0 heterocycles. The summed E-state index contributed by atoms with van der Waals surface area (Å²) in [6.07, 6.45) is 0.945. The Bertz CT molecular complexity index is 723. The Morgan fingerprint density at radius 3 is 2.48 bits per heavy atom. The summed E-state index contributed by atoms with van der Waals surface area (Å²) in [5.74, 6) is 1.33. The van der Waals surface area contributed by atoms with Crippen LogP contribution in [0.4, 0.5) is 0 Å². The third kappa shape index (κ3) is 6.54. The van der Waals surface area contributed by atoms with Crippen LogP contribution >= 0.6 is 39.1 Å². The van der Waals surface area contributed by atoms with Gasteiger partial charge in [-0.1, -0.05) is 45.2 Å². The van der Waals surface area contributed by atoms with E-state index >= 15 is 0 Å². The Hall–Kier alpha value is -0.980. The van der Waals surface area contributed by atoms with Gasteiger partial charge in [0, 0.05) is 45.4 Å². The second-order valence-corrected chi connectivity index (χ2v) is 7.44. The van der Waals surface area contributed by atoms with Crippen molar-refractivity contribution in [3.05, 3.63) is 56.0 Å². The molecule has 0 aliphatic rings. The number of benzene rings is 2. The Morgan fingerprint density at radius 2 is 1.81 bits per heavy atom. The van der Waals surface area contributed by atoms with Crippen LogP contribution in [-0.2, 0) is 17.9 Å². The Balaban J connectivity index is 2.12. The molecule has 7 heteroatoms. The molecule has 0 aliphatic carbocycles. The fraction of sp³-hybridized carbons (Fsp3) is 0.400. The summed E-state index contributed by atoms with van der Waals surface area (Å²) >= 11 is 16.1. The van der Waals surface area contributed by atoms with Crippen molar-refractivity contribution in [1.82, 2.24) is 5.32 Å². The van der Waals surface area contributed by atoms with E-state index in [1.807, 2.05) is 25.1 Å². The highest BCUT2D eigenvalue weighted by atomic mass is 79.9. The fourth-order valence-corrected chi connectivity index (χ4v) is 3.50. The number of halogens is 3. The van der Waals surface area contributed by atoms with Crippen molar-refractivity contribution in [2.45, 2.75) is 26.5 Å². The summed E-state index contributed by atoms with van der Waals surface area (Å²) in [7, 11) is 1.62. The molecule has 148 valence electrons. The van der Waals surface area contributed by atoms with E-state index in [0.29, 0.717) is 28.1 Å². The molecule has 0 fully saturated rings. The van der Waals surface area contributed by atoms with Crippen LogP contribution in [0.3, 0.4) is 0 Å². The van der Waals surface area contributed by atoms with Crippen LogP contribution in [0.2, 0.25) is 10.0 Å². The second-order valence-electron chi connectivity index (χ2n) is 5.77. The molecule has 0 bridgehead atoms. The third-order valence-corrected chi connectivity index (χ3v) is 5.41. The maximum Gasteiger partial charge on any atom is 0.167 e. The molecule has 0 unspecified atom stereocenters. The number of hydrogen-bond donors (Lipinski definition) is 1. The largest absolute Gasteiger partial charge is 0.493 e. The molecule has 27 heavy (non-hydrogen) atoms. The van der Waals surface area contributed by atoms with E-state index in [1.54, 1.807) is 19.2 Å². The highest BCUT2D eigenvalue weighted by Gasteiger charge is 2.16. The van der Waals surface area contributed by atoms with Gasteiger partial charge in [-0.3, -0.25) is 0 Å². The second kappa shape index (κ2) is 11.8. The van der Waals surface area contributed by atoms with E-state index < -0.39 is 0 Å². The molecule has 0 atom stereocenters. The van der Waals surface area contributed by atoms with Crippen molar-refractivity contribution in [3.63, 3.8) is 0 Å². The minimum absolute atomic E-state index is 0.253. The number of hydrogen-bond acceptors (Lipinski definition) is 4. The van der Waals surface area contributed by atoms with Gasteiger partial charge in [-0.2, -0.15) is 0 Å². The van der Waals surface area contributed by atoms with Crippen molar-refractivity contribution < 1.29 is 14.2 Å². The normalized spacial score (nSPS) is 10.9. The summed E-state index contributed by atoms with van der Waals surface area (Å²) in [6.45, 7) is 5.22.